The Labute approximate surface area is 81.2 Å². The molecule has 0 spiro atoms. The molecule has 0 aliphatic rings. The summed E-state index contributed by atoms with van der Waals surface area (Å²) in [6, 6.07) is 0.0102. The maximum Gasteiger partial charge on any atom is 0.234 e. The van der Waals surface area contributed by atoms with Crippen LogP contribution in [0.1, 0.15) is 24.4 Å². The molecule has 0 bridgehead atoms. The lowest BCUT2D eigenvalue weighted by Crippen LogP contribution is -2.33. The van der Waals surface area contributed by atoms with Crippen LogP contribution >= 0.6 is 11.3 Å². The van der Waals surface area contributed by atoms with E-state index in [1.54, 1.807) is 17.5 Å². The number of carbonyl (C=O) groups is 1. The number of nitrogens with zero attached hydrogens (tertiary/aromatic N) is 1. The van der Waals surface area contributed by atoms with Crippen molar-refractivity contribution >= 4 is 17.2 Å². The lowest BCUT2D eigenvalue weighted by Gasteiger charge is -2.13. The van der Waals surface area contributed by atoms with E-state index in [4.69, 9.17) is 5.73 Å². The number of aromatic nitrogens is 1. The Morgan fingerprint density at radius 1 is 1.85 bits per heavy atom. The average Bonchev–Trinajstić information content (AvgIpc) is 2.66. The molecule has 1 heterocycles. The quantitative estimate of drug-likeness (QED) is 0.749. The first-order valence-corrected chi connectivity index (χ1v) is 5.04. The molecule has 0 radical (unpaired) electrons. The van der Waals surface area contributed by atoms with Crippen LogP contribution in [0.3, 0.4) is 0 Å². The first-order valence-electron chi connectivity index (χ1n) is 4.16. The second-order valence-corrected chi connectivity index (χ2v) is 3.53. The van der Waals surface area contributed by atoms with Crippen LogP contribution in [0.4, 0.5) is 0 Å². The lowest BCUT2D eigenvalue weighted by molar-refractivity contribution is -0.120. The van der Waals surface area contributed by atoms with Gasteiger partial charge in [0.2, 0.25) is 5.91 Å². The predicted octanol–water partition coefficient (Wildman–Crippen LogP) is 0.669. The highest BCUT2D eigenvalue weighted by molar-refractivity contribution is 7.09. The van der Waals surface area contributed by atoms with Crippen LogP contribution in [0, 0.1) is 0 Å². The number of hydrogen-bond acceptors (Lipinski definition) is 4. The van der Waals surface area contributed by atoms with Gasteiger partial charge in [-0.25, -0.2) is 4.98 Å². The highest BCUT2D eigenvalue weighted by atomic mass is 32.1. The van der Waals surface area contributed by atoms with Crippen molar-refractivity contribution < 1.29 is 4.79 Å². The van der Waals surface area contributed by atoms with E-state index in [0.717, 1.165) is 11.4 Å². The van der Waals surface area contributed by atoms with Gasteiger partial charge in [0, 0.05) is 11.6 Å². The van der Waals surface area contributed by atoms with Crippen molar-refractivity contribution in [1.82, 2.24) is 10.3 Å². The van der Waals surface area contributed by atoms with Crippen LogP contribution in [-0.2, 0) is 4.79 Å². The summed E-state index contributed by atoms with van der Waals surface area (Å²) in [5, 5.41) is 5.63. The zero-order chi connectivity index (χ0) is 9.68. The summed E-state index contributed by atoms with van der Waals surface area (Å²) in [6.45, 7) is 2.03. The number of carbonyl (C=O) groups excluding carboxylic acids is 1. The summed E-state index contributed by atoms with van der Waals surface area (Å²) in [5.74, 6) is -0.137. The van der Waals surface area contributed by atoms with Gasteiger partial charge in [-0.05, 0) is 6.42 Å². The summed E-state index contributed by atoms with van der Waals surface area (Å²) >= 11 is 1.54. The SMILES string of the molecule is CCC(NC(=O)CN)c1nccs1. The number of thiazole rings is 1. The second-order valence-electron chi connectivity index (χ2n) is 2.60. The summed E-state index contributed by atoms with van der Waals surface area (Å²) in [5.41, 5.74) is 5.20. The van der Waals surface area contributed by atoms with Crippen molar-refractivity contribution in [3.8, 4) is 0 Å². The van der Waals surface area contributed by atoms with Crippen molar-refractivity contribution in [2.75, 3.05) is 6.54 Å². The molecular weight excluding hydrogens is 186 g/mol. The maximum absolute atomic E-state index is 11.0. The number of nitrogens with one attached hydrogen (secondary N) is 1. The van der Waals surface area contributed by atoms with E-state index in [2.05, 4.69) is 10.3 Å². The fourth-order valence-electron chi connectivity index (χ4n) is 0.998. The number of hydrogen-bond donors (Lipinski definition) is 2. The summed E-state index contributed by atoms with van der Waals surface area (Å²) in [6.07, 6.45) is 2.57. The summed E-state index contributed by atoms with van der Waals surface area (Å²) in [7, 11) is 0. The molecular formula is C8H13N3OS. The molecule has 13 heavy (non-hydrogen) atoms. The van der Waals surface area contributed by atoms with E-state index in [0.29, 0.717) is 0 Å². The first kappa shape index (κ1) is 10.1. The Hall–Kier alpha value is -0.940. The fraction of sp³-hybridized carbons (Fsp3) is 0.500. The van der Waals surface area contributed by atoms with Gasteiger partial charge in [0.05, 0.1) is 12.6 Å². The minimum absolute atomic E-state index is 0.0102. The molecule has 1 aromatic rings. The van der Waals surface area contributed by atoms with Crippen LogP contribution in [0.15, 0.2) is 11.6 Å². The van der Waals surface area contributed by atoms with Crippen LogP contribution < -0.4 is 11.1 Å². The number of nitrogens with two attached hydrogens (primary N) is 1. The van der Waals surface area contributed by atoms with Gasteiger partial charge < -0.3 is 11.1 Å². The van der Waals surface area contributed by atoms with E-state index in [1.165, 1.54) is 0 Å². The summed E-state index contributed by atoms with van der Waals surface area (Å²) < 4.78 is 0. The molecule has 1 amide bonds. The Bertz CT molecular complexity index is 260. The van der Waals surface area contributed by atoms with Crippen molar-refractivity contribution in [2.45, 2.75) is 19.4 Å². The smallest absolute Gasteiger partial charge is 0.234 e. The molecule has 4 nitrogen and oxygen atoms in total. The van der Waals surface area contributed by atoms with Crippen molar-refractivity contribution in [2.24, 2.45) is 5.73 Å². The molecule has 5 heteroatoms. The monoisotopic (exact) mass is 199 g/mol. The normalized spacial score (nSPS) is 12.5. The Morgan fingerprint density at radius 3 is 3.08 bits per heavy atom. The zero-order valence-corrected chi connectivity index (χ0v) is 8.30. The van der Waals surface area contributed by atoms with Crippen LogP contribution in [0.5, 0.6) is 0 Å². The van der Waals surface area contributed by atoms with E-state index >= 15 is 0 Å². The molecule has 3 N–H and O–H groups in total. The second kappa shape index (κ2) is 4.94. The van der Waals surface area contributed by atoms with E-state index < -0.39 is 0 Å². The molecule has 1 unspecified atom stereocenters. The number of rotatable bonds is 4. The third-order valence-corrected chi connectivity index (χ3v) is 2.57. The highest BCUT2D eigenvalue weighted by Gasteiger charge is 2.13. The molecule has 1 aromatic heterocycles. The van der Waals surface area contributed by atoms with Crippen molar-refractivity contribution in [3.63, 3.8) is 0 Å². The molecule has 1 rings (SSSR count). The fourth-order valence-corrected chi connectivity index (χ4v) is 1.77. The molecule has 0 saturated heterocycles. The molecule has 0 aliphatic carbocycles. The van der Waals surface area contributed by atoms with Gasteiger partial charge in [-0.15, -0.1) is 11.3 Å². The molecule has 0 aliphatic heterocycles. The molecule has 0 aromatic carbocycles. The van der Waals surface area contributed by atoms with Crippen molar-refractivity contribution in [3.05, 3.63) is 16.6 Å². The van der Waals surface area contributed by atoms with Gasteiger partial charge in [-0.2, -0.15) is 0 Å². The zero-order valence-electron chi connectivity index (χ0n) is 7.49. The minimum Gasteiger partial charge on any atom is -0.346 e. The van der Waals surface area contributed by atoms with Gasteiger partial charge in [-0.1, -0.05) is 6.92 Å². The van der Waals surface area contributed by atoms with Gasteiger partial charge in [-0.3, -0.25) is 4.79 Å². The summed E-state index contributed by atoms with van der Waals surface area (Å²) in [4.78, 5) is 15.2. The first-order chi connectivity index (χ1) is 6.27. The molecule has 1 atom stereocenters. The molecule has 0 fully saturated rings. The Morgan fingerprint density at radius 2 is 2.62 bits per heavy atom. The van der Waals surface area contributed by atoms with Gasteiger partial charge >= 0.3 is 0 Å². The van der Waals surface area contributed by atoms with Crippen molar-refractivity contribution in [1.29, 1.82) is 0 Å². The van der Waals surface area contributed by atoms with Gasteiger partial charge in [0.25, 0.3) is 0 Å². The minimum atomic E-state index is -0.137. The maximum atomic E-state index is 11.0. The third-order valence-electron chi connectivity index (χ3n) is 1.68. The standard InChI is InChI=1S/C8H13N3OS/c1-2-6(11-7(12)5-9)8-10-3-4-13-8/h3-4,6H,2,5,9H2,1H3,(H,11,12). The van der Waals surface area contributed by atoms with Gasteiger partial charge in [0.1, 0.15) is 5.01 Å². The van der Waals surface area contributed by atoms with E-state index in [-0.39, 0.29) is 18.5 Å². The lowest BCUT2D eigenvalue weighted by atomic mass is 10.2. The Balaban J connectivity index is 2.58. The van der Waals surface area contributed by atoms with Crippen LogP contribution in [-0.4, -0.2) is 17.4 Å². The van der Waals surface area contributed by atoms with E-state index in [9.17, 15) is 4.79 Å². The topological polar surface area (TPSA) is 68.0 Å². The largest absolute Gasteiger partial charge is 0.346 e. The van der Waals surface area contributed by atoms with Gasteiger partial charge in [0.15, 0.2) is 0 Å². The van der Waals surface area contributed by atoms with Crippen LogP contribution in [0.25, 0.3) is 0 Å². The van der Waals surface area contributed by atoms with Crippen LogP contribution in [0.2, 0.25) is 0 Å². The highest BCUT2D eigenvalue weighted by Crippen LogP contribution is 2.18. The predicted molar refractivity (Wildman–Crippen MR) is 52.3 cm³/mol. The molecule has 0 saturated carbocycles. The molecule has 72 valence electrons. The third kappa shape index (κ3) is 2.78. The number of amides is 1. The Kier molecular flexibility index (Phi) is 3.85. The average molecular weight is 199 g/mol. The van der Waals surface area contributed by atoms with E-state index in [1.807, 2.05) is 12.3 Å².